The lowest BCUT2D eigenvalue weighted by atomic mass is 9.94. The van der Waals surface area contributed by atoms with Gasteiger partial charge in [0.1, 0.15) is 5.82 Å². The first-order chi connectivity index (χ1) is 25.2. The van der Waals surface area contributed by atoms with E-state index < -0.39 is 5.97 Å². The van der Waals surface area contributed by atoms with Crippen molar-refractivity contribution in [3.63, 3.8) is 0 Å². The fourth-order valence-corrected chi connectivity index (χ4v) is 8.17. The maximum atomic E-state index is 11.5. The second kappa shape index (κ2) is 15.7. The molecule has 2 saturated heterocycles. The molecule has 11 nitrogen and oxygen atoms in total. The van der Waals surface area contributed by atoms with Crippen LogP contribution < -0.4 is 25.4 Å². The predicted molar refractivity (Wildman–Crippen MR) is 201 cm³/mol. The quantitative estimate of drug-likeness (QED) is 0.120. The van der Waals surface area contributed by atoms with Crippen LogP contribution in [0, 0.1) is 5.92 Å². The summed E-state index contributed by atoms with van der Waals surface area (Å²) >= 11 is 14.0. The molecule has 4 N–H and O–H groups in total. The summed E-state index contributed by atoms with van der Waals surface area (Å²) in [5.41, 5.74) is 7.63. The molecule has 4 heterocycles. The van der Waals surface area contributed by atoms with Crippen LogP contribution in [0.1, 0.15) is 54.0 Å². The molecule has 0 unspecified atom stereocenters. The third-order valence-electron chi connectivity index (χ3n) is 10.3. The van der Waals surface area contributed by atoms with Crippen LogP contribution in [0.25, 0.3) is 22.4 Å². The van der Waals surface area contributed by atoms with Crippen molar-refractivity contribution in [3.8, 4) is 34.1 Å². The molecule has 3 aliphatic rings. The Morgan fingerprint density at radius 3 is 2.48 bits per heavy atom. The Morgan fingerprint density at radius 2 is 1.73 bits per heavy atom. The number of amides is 1. The van der Waals surface area contributed by atoms with Crippen LogP contribution >= 0.6 is 23.2 Å². The first-order valence-corrected chi connectivity index (χ1v) is 18.4. The van der Waals surface area contributed by atoms with Gasteiger partial charge in [0.05, 0.1) is 41.9 Å². The molecule has 1 amide bonds. The largest absolute Gasteiger partial charge is 0.481 e. The molecule has 2 fully saturated rings. The van der Waals surface area contributed by atoms with Crippen LogP contribution in [0.4, 0.5) is 5.82 Å². The van der Waals surface area contributed by atoms with Gasteiger partial charge in [-0.25, -0.2) is 4.98 Å². The number of carboxylic acid groups (broad SMARTS) is 1. The van der Waals surface area contributed by atoms with Gasteiger partial charge < -0.3 is 30.5 Å². The highest BCUT2D eigenvalue weighted by Gasteiger charge is 2.30. The Labute approximate surface area is 313 Å². The summed E-state index contributed by atoms with van der Waals surface area (Å²) in [6.07, 6.45) is 3.72. The number of ether oxygens (including phenoxy) is 2. The number of rotatable bonds is 13. The maximum absolute atomic E-state index is 11.5. The molecule has 52 heavy (non-hydrogen) atoms. The number of halogens is 2. The molecule has 0 bridgehead atoms. The molecule has 2 aliphatic heterocycles. The number of aliphatic carboxylic acids is 1. The predicted octanol–water partition coefficient (Wildman–Crippen LogP) is 6.51. The van der Waals surface area contributed by atoms with Gasteiger partial charge in [-0.05, 0) is 61.1 Å². The molecular formula is C39H42Cl2N6O5. The van der Waals surface area contributed by atoms with Crippen LogP contribution in [0.15, 0.2) is 54.6 Å². The van der Waals surface area contributed by atoms with Crippen molar-refractivity contribution in [2.24, 2.45) is 5.92 Å². The molecule has 7 rings (SSSR count). The standard InChI is InChI=1S/C39H42Cl2N6O5/c1-51-37-22(18-42-19-25-10-14-34(48)43-25)9-12-33(45-37)30-8-4-7-29(35(30)41)26-5-3-6-28-27(26)11-13-32(28)44-36-31(40)17-24(38(46-36)52-2)21-47-16-15-23(20-47)39(49)50/h3-9,12,17,23,25,32,42H,10-11,13-16,18-21H2,1-2H3,(H,43,48)(H,44,46)(H,49,50)/t23-,25+,32+/m1/s1. The van der Waals surface area contributed by atoms with Gasteiger partial charge in [0.2, 0.25) is 17.7 Å². The van der Waals surface area contributed by atoms with Gasteiger partial charge in [-0.3, -0.25) is 14.5 Å². The highest BCUT2D eigenvalue weighted by Crippen LogP contribution is 2.44. The zero-order valence-electron chi connectivity index (χ0n) is 29.2. The number of nitrogens with zero attached hydrogens (tertiary/aromatic N) is 3. The summed E-state index contributed by atoms with van der Waals surface area (Å²) in [5, 5.41) is 20.5. The van der Waals surface area contributed by atoms with E-state index in [1.54, 1.807) is 14.2 Å². The summed E-state index contributed by atoms with van der Waals surface area (Å²) < 4.78 is 11.3. The summed E-state index contributed by atoms with van der Waals surface area (Å²) in [4.78, 5) is 34.7. The van der Waals surface area contributed by atoms with E-state index in [9.17, 15) is 14.7 Å². The number of carboxylic acids is 1. The van der Waals surface area contributed by atoms with Crippen molar-refractivity contribution in [2.75, 3.05) is 39.2 Å². The smallest absolute Gasteiger partial charge is 0.307 e. The van der Waals surface area contributed by atoms with Crippen LogP contribution in [0.3, 0.4) is 0 Å². The fraction of sp³-hybridized carbons (Fsp3) is 0.385. The number of likely N-dealkylation sites (tertiary alicyclic amines) is 1. The number of hydrogen-bond donors (Lipinski definition) is 4. The molecule has 4 aromatic rings. The van der Waals surface area contributed by atoms with Crippen LogP contribution in [-0.4, -0.2) is 71.7 Å². The number of carbonyl (C=O) groups is 2. The molecule has 0 saturated carbocycles. The van der Waals surface area contributed by atoms with E-state index >= 15 is 0 Å². The van der Waals surface area contributed by atoms with Crippen molar-refractivity contribution < 1.29 is 24.2 Å². The Hall–Kier alpha value is -4.42. The lowest BCUT2D eigenvalue weighted by molar-refractivity contribution is -0.141. The zero-order chi connectivity index (χ0) is 36.4. The number of nitrogens with one attached hydrogen (secondary N) is 3. The Balaban J connectivity index is 1.08. The van der Waals surface area contributed by atoms with Crippen molar-refractivity contribution >= 4 is 40.9 Å². The van der Waals surface area contributed by atoms with E-state index in [-0.39, 0.29) is 23.9 Å². The molecule has 13 heteroatoms. The first-order valence-electron chi connectivity index (χ1n) is 17.6. The lowest BCUT2D eigenvalue weighted by Crippen LogP contribution is -2.35. The number of anilines is 1. The van der Waals surface area contributed by atoms with Crippen molar-refractivity contribution in [1.82, 2.24) is 25.5 Å². The van der Waals surface area contributed by atoms with E-state index in [0.717, 1.165) is 52.6 Å². The second-order valence-corrected chi connectivity index (χ2v) is 14.4. The van der Waals surface area contributed by atoms with Crippen LogP contribution in [0.2, 0.25) is 10.0 Å². The molecule has 2 aromatic heterocycles. The number of hydrogen-bond acceptors (Lipinski definition) is 9. The minimum Gasteiger partial charge on any atom is -0.481 e. The van der Waals surface area contributed by atoms with Crippen LogP contribution in [0.5, 0.6) is 11.8 Å². The SMILES string of the molecule is COc1nc(-c2cccc(-c3cccc4c3CC[C@@H]4Nc3nc(OC)c(CN4CC[C@@H](C(=O)O)C4)cc3Cl)c2Cl)ccc1CNC[C@@H]1CCC(=O)N1. The highest BCUT2D eigenvalue weighted by molar-refractivity contribution is 6.36. The summed E-state index contributed by atoms with van der Waals surface area (Å²) in [6.45, 7) is 2.95. The number of methoxy groups -OCH3 is 2. The molecule has 3 atom stereocenters. The van der Waals surface area contributed by atoms with Gasteiger partial charge in [0.25, 0.3) is 0 Å². The summed E-state index contributed by atoms with van der Waals surface area (Å²) in [6, 6.07) is 18.3. The Morgan fingerprint density at radius 1 is 0.962 bits per heavy atom. The molecule has 2 aromatic carbocycles. The lowest BCUT2D eigenvalue weighted by Gasteiger charge is -2.20. The average Bonchev–Trinajstić information content (AvgIpc) is 3.90. The van der Waals surface area contributed by atoms with Crippen molar-refractivity contribution in [2.45, 2.75) is 57.3 Å². The molecule has 0 radical (unpaired) electrons. The van der Waals surface area contributed by atoms with Crippen molar-refractivity contribution in [1.29, 1.82) is 0 Å². The normalized spacial score (nSPS) is 19.8. The van der Waals surface area contributed by atoms with Crippen molar-refractivity contribution in [3.05, 3.63) is 86.9 Å². The number of fused-ring (bicyclic) bond motifs is 1. The Bertz CT molecular complexity index is 1990. The van der Waals surface area contributed by atoms with E-state index in [0.29, 0.717) is 78.9 Å². The van der Waals surface area contributed by atoms with E-state index in [1.165, 1.54) is 5.56 Å². The number of pyridine rings is 2. The monoisotopic (exact) mass is 744 g/mol. The highest BCUT2D eigenvalue weighted by atomic mass is 35.5. The van der Waals surface area contributed by atoms with Gasteiger partial charge >= 0.3 is 5.97 Å². The number of carbonyl (C=O) groups excluding carboxylic acids is 1. The van der Waals surface area contributed by atoms with Gasteiger partial charge in [-0.2, -0.15) is 4.98 Å². The molecule has 0 spiro atoms. The van der Waals surface area contributed by atoms with Gasteiger partial charge in [-0.1, -0.05) is 65.7 Å². The molecule has 1 aliphatic carbocycles. The first kappa shape index (κ1) is 36.0. The van der Waals surface area contributed by atoms with Gasteiger partial charge in [0, 0.05) is 60.9 Å². The molecular weight excluding hydrogens is 703 g/mol. The summed E-state index contributed by atoms with van der Waals surface area (Å²) in [5.74, 6) is 0.511. The van der Waals surface area contributed by atoms with Gasteiger partial charge in [-0.15, -0.1) is 0 Å². The minimum atomic E-state index is -0.763. The van der Waals surface area contributed by atoms with E-state index in [4.69, 9.17) is 42.6 Å². The average molecular weight is 746 g/mol. The number of aromatic nitrogens is 2. The third-order valence-corrected chi connectivity index (χ3v) is 11.0. The van der Waals surface area contributed by atoms with E-state index in [2.05, 4.69) is 39.0 Å². The molecule has 272 valence electrons. The summed E-state index contributed by atoms with van der Waals surface area (Å²) in [7, 11) is 3.20. The number of benzene rings is 2. The van der Waals surface area contributed by atoms with Gasteiger partial charge in [0.15, 0.2) is 0 Å². The second-order valence-electron chi connectivity index (χ2n) is 13.6. The third kappa shape index (κ3) is 7.54. The Kier molecular flexibility index (Phi) is 10.8. The minimum absolute atomic E-state index is 0.0237. The topological polar surface area (TPSA) is 138 Å². The van der Waals surface area contributed by atoms with E-state index in [1.807, 2.05) is 36.4 Å². The fourth-order valence-electron chi connectivity index (χ4n) is 7.62. The maximum Gasteiger partial charge on any atom is 0.307 e. The zero-order valence-corrected chi connectivity index (χ0v) is 30.7. The van der Waals surface area contributed by atoms with Crippen LogP contribution in [-0.2, 0) is 29.1 Å².